The summed E-state index contributed by atoms with van der Waals surface area (Å²) < 4.78 is 12.5. The maximum atomic E-state index is 13.0. The van der Waals surface area contributed by atoms with Crippen molar-refractivity contribution in [3.63, 3.8) is 0 Å². The number of ether oxygens (including phenoxy) is 1. The lowest BCUT2D eigenvalue weighted by Gasteiger charge is -2.40. The van der Waals surface area contributed by atoms with Crippen molar-refractivity contribution in [1.29, 1.82) is 0 Å². The number of phenols is 1. The molecule has 1 saturated heterocycles. The molecule has 0 radical (unpaired) electrons. The van der Waals surface area contributed by atoms with Crippen LogP contribution in [0, 0.1) is 6.92 Å². The molecule has 0 spiro atoms. The predicted octanol–water partition coefficient (Wildman–Crippen LogP) is 1.04. The third-order valence-electron chi connectivity index (χ3n) is 5.13. The Morgan fingerprint density at radius 3 is 2.48 bits per heavy atom. The summed E-state index contributed by atoms with van der Waals surface area (Å²) in [5.41, 5.74) is -0.152. The molecule has 3 heterocycles. The number of halogens is 2. The van der Waals surface area contributed by atoms with Gasteiger partial charge in [0, 0.05) is 0 Å². The van der Waals surface area contributed by atoms with Gasteiger partial charge < -0.3 is 34.7 Å². The van der Waals surface area contributed by atoms with Gasteiger partial charge in [0.05, 0.1) is 17.0 Å². The van der Waals surface area contributed by atoms with Crippen molar-refractivity contribution in [3.8, 4) is 5.75 Å². The topological polar surface area (TPSA) is 146 Å². The largest absolute Gasteiger partial charge is 0.505 e. The summed E-state index contributed by atoms with van der Waals surface area (Å²) >= 11 is 12.2. The van der Waals surface area contributed by atoms with E-state index in [0.29, 0.717) is 5.56 Å². The molecule has 2 aromatic heterocycles. The highest BCUT2D eigenvalue weighted by molar-refractivity contribution is 6.33. The van der Waals surface area contributed by atoms with Gasteiger partial charge >= 0.3 is 0 Å². The Balaban J connectivity index is 2.00. The molecule has 0 unspecified atom stereocenters. The number of phenolic OH excluding ortho intramolecular Hbond substituents is 1. The number of hydrogen-bond acceptors (Lipinski definition) is 8. The monoisotopic (exact) mass is 445 g/mol. The maximum Gasteiger partial charge on any atom is 0.214 e. The molecule has 0 aliphatic carbocycles. The fraction of sp³-hybridized carbons (Fsp3) is 0.389. The van der Waals surface area contributed by atoms with E-state index in [2.05, 4.69) is 0 Å². The van der Waals surface area contributed by atoms with Gasteiger partial charge in [0.2, 0.25) is 11.1 Å². The quantitative estimate of drug-likeness (QED) is 0.393. The molecular weight excluding hydrogens is 429 g/mol. The van der Waals surface area contributed by atoms with Crippen molar-refractivity contribution < 1.29 is 34.7 Å². The van der Waals surface area contributed by atoms with Gasteiger partial charge in [-0.15, -0.1) is 0 Å². The Bertz CT molecular complexity index is 1170. The molecule has 5 atom stereocenters. The summed E-state index contributed by atoms with van der Waals surface area (Å²) in [4.78, 5) is 13.0. The molecule has 29 heavy (non-hydrogen) atoms. The van der Waals surface area contributed by atoms with Gasteiger partial charge in [-0.25, -0.2) is 0 Å². The van der Waals surface area contributed by atoms with Crippen molar-refractivity contribution in [2.75, 3.05) is 6.61 Å². The maximum absolute atomic E-state index is 13.0. The first kappa shape index (κ1) is 20.4. The summed E-state index contributed by atoms with van der Waals surface area (Å²) in [5.74, 6) is -0.431. The van der Waals surface area contributed by atoms with E-state index in [1.54, 1.807) is 6.92 Å². The summed E-state index contributed by atoms with van der Waals surface area (Å²) in [5, 5.41) is 49.9. The highest BCUT2D eigenvalue weighted by atomic mass is 35.5. The van der Waals surface area contributed by atoms with E-state index >= 15 is 0 Å². The molecule has 9 nitrogen and oxygen atoms in total. The highest BCUT2D eigenvalue weighted by Gasteiger charge is 2.45. The van der Waals surface area contributed by atoms with E-state index in [-0.39, 0.29) is 32.2 Å². The molecule has 1 fully saturated rings. The second kappa shape index (κ2) is 7.13. The van der Waals surface area contributed by atoms with E-state index in [0.717, 1.165) is 4.57 Å². The van der Waals surface area contributed by atoms with Gasteiger partial charge in [-0.3, -0.25) is 9.36 Å². The van der Waals surface area contributed by atoms with Gasteiger partial charge in [0.15, 0.2) is 6.23 Å². The minimum absolute atomic E-state index is 0.0129. The number of aromatic nitrogens is 1. The molecule has 0 bridgehead atoms. The Morgan fingerprint density at radius 1 is 1.14 bits per heavy atom. The van der Waals surface area contributed by atoms with Gasteiger partial charge in [-0.05, 0) is 24.6 Å². The van der Waals surface area contributed by atoms with E-state index in [1.165, 1.54) is 12.1 Å². The molecule has 0 amide bonds. The van der Waals surface area contributed by atoms with Gasteiger partial charge in [-0.2, -0.15) is 0 Å². The summed E-state index contributed by atoms with van der Waals surface area (Å²) in [6.07, 6.45) is -7.38. The predicted molar refractivity (Wildman–Crippen MR) is 103 cm³/mol. The fourth-order valence-corrected chi connectivity index (χ4v) is 4.14. The van der Waals surface area contributed by atoms with Crippen molar-refractivity contribution in [1.82, 2.24) is 4.57 Å². The van der Waals surface area contributed by atoms with Gasteiger partial charge in [0.1, 0.15) is 46.3 Å². The second-order valence-corrected chi connectivity index (χ2v) is 7.73. The average molecular weight is 446 g/mol. The minimum Gasteiger partial charge on any atom is -0.505 e. The smallest absolute Gasteiger partial charge is 0.214 e. The number of rotatable bonds is 2. The van der Waals surface area contributed by atoms with Crippen LogP contribution in [-0.4, -0.2) is 61.1 Å². The third kappa shape index (κ3) is 2.93. The van der Waals surface area contributed by atoms with E-state index in [1.807, 2.05) is 0 Å². The number of hydrogen-bond donors (Lipinski definition) is 5. The van der Waals surface area contributed by atoms with Crippen molar-refractivity contribution in [3.05, 3.63) is 38.1 Å². The third-order valence-corrected chi connectivity index (χ3v) is 5.71. The van der Waals surface area contributed by atoms with Crippen molar-refractivity contribution in [2.24, 2.45) is 0 Å². The zero-order chi connectivity index (χ0) is 21.2. The molecule has 5 N–H and O–H groups in total. The lowest BCUT2D eigenvalue weighted by atomic mass is 9.98. The number of benzene rings is 1. The zero-order valence-corrected chi connectivity index (χ0v) is 16.4. The molecule has 11 heteroatoms. The fourth-order valence-electron chi connectivity index (χ4n) is 3.60. The molecule has 0 saturated carbocycles. The van der Waals surface area contributed by atoms with Crippen LogP contribution in [0.2, 0.25) is 10.2 Å². The van der Waals surface area contributed by atoms with E-state index in [4.69, 9.17) is 32.4 Å². The van der Waals surface area contributed by atoms with Crippen LogP contribution in [0.5, 0.6) is 5.75 Å². The first-order chi connectivity index (χ1) is 13.7. The molecule has 1 aliphatic rings. The molecule has 3 aromatic rings. The summed E-state index contributed by atoms with van der Waals surface area (Å²) in [6, 6.07) is 2.69. The first-order valence-corrected chi connectivity index (χ1v) is 9.38. The zero-order valence-electron chi connectivity index (χ0n) is 14.9. The number of nitrogens with zero attached hydrogens (tertiary/aromatic N) is 1. The molecule has 1 aliphatic heterocycles. The Kier molecular flexibility index (Phi) is 5.02. The Labute approximate surface area is 172 Å². The Hall–Kier alpha value is -1.85. The lowest BCUT2D eigenvalue weighted by molar-refractivity contribution is -0.250. The van der Waals surface area contributed by atoms with Gasteiger partial charge in [0.25, 0.3) is 0 Å². The summed E-state index contributed by atoms with van der Waals surface area (Å²) in [7, 11) is 0. The van der Waals surface area contributed by atoms with Crippen LogP contribution < -0.4 is 5.43 Å². The van der Waals surface area contributed by atoms with Crippen LogP contribution in [0.15, 0.2) is 21.3 Å². The lowest BCUT2D eigenvalue weighted by Crippen LogP contribution is -2.56. The summed E-state index contributed by atoms with van der Waals surface area (Å²) in [6.45, 7) is 1.00. The normalized spacial score (nSPS) is 27.8. The minimum atomic E-state index is -1.64. The number of aryl methyl sites for hydroxylation is 1. The van der Waals surface area contributed by atoms with Crippen molar-refractivity contribution in [2.45, 2.75) is 37.6 Å². The second-order valence-electron chi connectivity index (χ2n) is 6.93. The van der Waals surface area contributed by atoms with Crippen LogP contribution >= 0.6 is 23.2 Å². The van der Waals surface area contributed by atoms with Crippen LogP contribution in [0.4, 0.5) is 0 Å². The first-order valence-electron chi connectivity index (χ1n) is 8.63. The molecule has 156 valence electrons. The SMILES string of the molecule is Cc1cc(Cl)c(O)c2c(=O)c3cc(Cl)n([C@@H]4O[C@H](CO)[C@@H](O)[C@H](O)[C@H]4O)c3oc12. The Morgan fingerprint density at radius 2 is 1.83 bits per heavy atom. The van der Waals surface area contributed by atoms with Gasteiger partial charge in [-0.1, -0.05) is 23.2 Å². The standard InChI is InChI=1S/C18H17Cl2NO8/c1-5-2-7(19)12(24)10-11(23)6-3-9(20)21(17(6)29-16(5)10)18-15(27)14(26)13(25)8(4-22)28-18/h2-3,8,13-15,18,22,24-27H,4H2,1H3/t8-,13-,14+,15-,18-/m1/s1. The van der Waals surface area contributed by atoms with Crippen LogP contribution in [0.1, 0.15) is 11.8 Å². The number of aliphatic hydroxyl groups excluding tert-OH is 4. The number of fused-ring (bicyclic) bond motifs is 2. The van der Waals surface area contributed by atoms with E-state index < -0.39 is 48.4 Å². The number of aliphatic hydroxyl groups is 4. The number of aromatic hydroxyl groups is 1. The molecule has 4 rings (SSSR count). The van der Waals surface area contributed by atoms with E-state index in [9.17, 15) is 30.3 Å². The van der Waals surface area contributed by atoms with Crippen LogP contribution in [0.25, 0.3) is 22.1 Å². The average Bonchev–Trinajstić information content (AvgIpc) is 3.01. The van der Waals surface area contributed by atoms with Crippen molar-refractivity contribution >= 4 is 45.3 Å². The highest BCUT2D eigenvalue weighted by Crippen LogP contribution is 2.38. The van der Waals surface area contributed by atoms with Crippen LogP contribution in [0.3, 0.4) is 0 Å². The molecule has 1 aromatic carbocycles. The van der Waals surface area contributed by atoms with Crippen LogP contribution in [-0.2, 0) is 4.74 Å². The molecular formula is C18H17Cl2NO8.